The van der Waals surface area contributed by atoms with Gasteiger partial charge in [0, 0.05) is 5.56 Å². The first-order valence-electron chi connectivity index (χ1n) is 4.95. The first-order chi connectivity index (χ1) is 7.85. The number of nitrogens with one attached hydrogen (secondary N) is 1. The molecule has 0 bridgehead atoms. The number of halogens is 1. The second-order valence-electron chi connectivity index (χ2n) is 3.49. The minimum Gasteiger partial charge on any atom is -0.398 e. The third-order valence-electron chi connectivity index (χ3n) is 1.98. The third kappa shape index (κ3) is 3.90. The number of sulfonamides is 1. The molecular weight excluding hydrogens is 264 g/mol. The molecule has 1 rings (SSSR count). The smallest absolute Gasteiger partial charge is 0.264 e. The van der Waals surface area contributed by atoms with Gasteiger partial charge >= 0.3 is 0 Å². The first-order valence-corrected chi connectivity index (χ1v) is 6.98. The molecule has 0 aromatic heterocycles. The van der Waals surface area contributed by atoms with E-state index in [2.05, 4.69) is 0 Å². The maximum Gasteiger partial charge on any atom is 0.264 e. The van der Waals surface area contributed by atoms with Crippen LogP contribution in [0.1, 0.15) is 23.7 Å². The zero-order chi connectivity index (χ0) is 13.1. The summed E-state index contributed by atoms with van der Waals surface area (Å²) in [5.74, 6) is -0.802. The summed E-state index contributed by atoms with van der Waals surface area (Å²) in [4.78, 5) is 11.6. The molecular formula is C10H13ClN2O3S. The van der Waals surface area contributed by atoms with Crippen LogP contribution in [0.25, 0.3) is 0 Å². The summed E-state index contributed by atoms with van der Waals surface area (Å²) < 4.78 is 24.7. The highest BCUT2D eigenvalue weighted by Gasteiger charge is 2.15. The van der Waals surface area contributed by atoms with E-state index in [1.807, 2.05) is 4.72 Å². The highest BCUT2D eigenvalue weighted by atomic mass is 35.5. The molecule has 0 aliphatic rings. The van der Waals surface area contributed by atoms with E-state index in [1.54, 1.807) is 6.92 Å². The topological polar surface area (TPSA) is 89.3 Å². The lowest BCUT2D eigenvalue weighted by Gasteiger charge is -2.06. The van der Waals surface area contributed by atoms with Gasteiger partial charge in [-0.05, 0) is 24.6 Å². The quantitative estimate of drug-likeness (QED) is 0.813. The first kappa shape index (κ1) is 13.8. The molecule has 7 heteroatoms. The predicted octanol–water partition coefficient (Wildman–Crippen LogP) is 1.39. The van der Waals surface area contributed by atoms with Crippen molar-refractivity contribution in [3.05, 3.63) is 28.8 Å². The lowest BCUT2D eigenvalue weighted by Crippen LogP contribution is -2.32. The van der Waals surface area contributed by atoms with Crippen LogP contribution >= 0.6 is 11.6 Å². The fourth-order valence-corrected chi connectivity index (χ4v) is 2.36. The summed E-state index contributed by atoms with van der Waals surface area (Å²) in [5, 5.41) is 0.318. The summed E-state index contributed by atoms with van der Waals surface area (Å²) in [5.41, 5.74) is 5.91. The lowest BCUT2D eigenvalue weighted by molar-refractivity contribution is 0.0981. The number of rotatable bonds is 4. The number of nitrogens with two attached hydrogens (primary N) is 1. The van der Waals surface area contributed by atoms with Crippen LogP contribution in [-0.4, -0.2) is 20.1 Å². The maximum atomic E-state index is 11.6. The number of hydrogen-bond acceptors (Lipinski definition) is 4. The van der Waals surface area contributed by atoms with Gasteiger partial charge in [-0.25, -0.2) is 13.1 Å². The molecule has 94 valence electrons. The standard InChI is InChI=1S/C10H13ClN2O3S/c1-2-5-17(15,16)13-10(14)7-3-4-8(11)9(12)6-7/h3-4,6H,2,5,12H2,1H3,(H,13,14). The lowest BCUT2D eigenvalue weighted by atomic mass is 10.2. The summed E-state index contributed by atoms with van der Waals surface area (Å²) in [6.07, 6.45) is 0.436. The number of benzene rings is 1. The molecule has 0 saturated heterocycles. The van der Waals surface area contributed by atoms with Crippen molar-refractivity contribution in [2.75, 3.05) is 11.5 Å². The molecule has 3 N–H and O–H groups in total. The summed E-state index contributed by atoms with van der Waals surface area (Å²) >= 11 is 5.69. The Hall–Kier alpha value is -1.27. The molecule has 0 heterocycles. The minimum absolute atomic E-state index is 0.0954. The molecule has 0 aliphatic heterocycles. The second-order valence-corrected chi connectivity index (χ2v) is 5.74. The molecule has 0 spiro atoms. The highest BCUT2D eigenvalue weighted by Crippen LogP contribution is 2.19. The van der Waals surface area contributed by atoms with Gasteiger partial charge in [0.15, 0.2) is 0 Å². The number of carbonyl (C=O) groups excluding carboxylic acids is 1. The molecule has 0 atom stereocenters. The zero-order valence-corrected chi connectivity index (χ0v) is 10.8. The van der Waals surface area contributed by atoms with Crippen LogP contribution < -0.4 is 10.5 Å². The van der Waals surface area contributed by atoms with E-state index in [4.69, 9.17) is 17.3 Å². The number of nitrogen functional groups attached to an aromatic ring is 1. The van der Waals surface area contributed by atoms with Crippen molar-refractivity contribution in [2.24, 2.45) is 0 Å². The van der Waals surface area contributed by atoms with Crippen LogP contribution in [0.3, 0.4) is 0 Å². The van der Waals surface area contributed by atoms with Gasteiger partial charge in [-0.1, -0.05) is 18.5 Å². The van der Waals surface area contributed by atoms with E-state index in [9.17, 15) is 13.2 Å². The number of anilines is 1. The molecule has 0 fully saturated rings. The Balaban J connectivity index is 2.87. The van der Waals surface area contributed by atoms with Gasteiger partial charge in [-0.3, -0.25) is 4.79 Å². The largest absolute Gasteiger partial charge is 0.398 e. The minimum atomic E-state index is -3.58. The van der Waals surface area contributed by atoms with Crippen molar-refractivity contribution in [1.82, 2.24) is 4.72 Å². The van der Waals surface area contributed by atoms with E-state index in [0.29, 0.717) is 11.4 Å². The van der Waals surface area contributed by atoms with Crippen molar-refractivity contribution in [3.63, 3.8) is 0 Å². The summed E-state index contributed by atoms with van der Waals surface area (Å²) in [7, 11) is -3.58. The van der Waals surface area contributed by atoms with Crippen molar-refractivity contribution >= 4 is 33.2 Å². The summed E-state index contributed by atoms with van der Waals surface area (Å²) in [6.45, 7) is 1.71. The number of carbonyl (C=O) groups is 1. The Labute approximate surface area is 105 Å². The van der Waals surface area contributed by atoms with Gasteiger partial charge in [0.2, 0.25) is 10.0 Å². The normalized spacial score (nSPS) is 11.2. The van der Waals surface area contributed by atoms with Gasteiger partial charge < -0.3 is 5.73 Å². The molecule has 0 aliphatic carbocycles. The molecule has 0 unspecified atom stereocenters. The third-order valence-corrected chi connectivity index (χ3v) is 3.77. The molecule has 1 aromatic carbocycles. The van der Waals surface area contributed by atoms with Crippen molar-refractivity contribution in [3.8, 4) is 0 Å². The fraction of sp³-hybridized carbons (Fsp3) is 0.300. The fourth-order valence-electron chi connectivity index (χ4n) is 1.20. The predicted molar refractivity (Wildman–Crippen MR) is 67.4 cm³/mol. The van der Waals surface area contributed by atoms with Crippen LogP contribution in [0.15, 0.2) is 18.2 Å². The van der Waals surface area contributed by atoms with Gasteiger partial charge in [0.05, 0.1) is 16.5 Å². The van der Waals surface area contributed by atoms with Crippen molar-refractivity contribution < 1.29 is 13.2 Å². The molecule has 1 aromatic rings. The van der Waals surface area contributed by atoms with Crippen LogP contribution in [0.2, 0.25) is 5.02 Å². The van der Waals surface area contributed by atoms with Crippen LogP contribution in [0, 0.1) is 0 Å². The Bertz CT molecular complexity index is 528. The molecule has 0 radical (unpaired) electrons. The Kier molecular flexibility index (Phi) is 4.36. The van der Waals surface area contributed by atoms with Gasteiger partial charge in [-0.15, -0.1) is 0 Å². The van der Waals surface area contributed by atoms with E-state index in [1.165, 1.54) is 18.2 Å². The Morgan fingerprint density at radius 3 is 2.65 bits per heavy atom. The van der Waals surface area contributed by atoms with E-state index in [-0.39, 0.29) is 17.0 Å². The van der Waals surface area contributed by atoms with Crippen molar-refractivity contribution in [2.45, 2.75) is 13.3 Å². The number of amides is 1. The van der Waals surface area contributed by atoms with Crippen LogP contribution in [0.4, 0.5) is 5.69 Å². The maximum absolute atomic E-state index is 11.6. The van der Waals surface area contributed by atoms with Crippen LogP contribution in [0.5, 0.6) is 0 Å². The SMILES string of the molecule is CCCS(=O)(=O)NC(=O)c1ccc(Cl)c(N)c1. The second kappa shape index (κ2) is 5.37. The molecule has 1 amide bonds. The summed E-state index contributed by atoms with van der Waals surface area (Å²) in [6, 6.07) is 4.19. The molecule has 17 heavy (non-hydrogen) atoms. The monoisotopic (exact) mass is 276 g/mol. The zero-order valence-electron chi connectivity index (χ0n) is 9.23. The van der Waals surface area contributed by atoms with E-state index in [0.717, 1.165) is 0 Å². The van der Waals surface area contributed by atoms with Crippen LogP contribution in [-0.2, 0) is 10.0 Å². The van der Waals surface area contributed by atoms with E-state index >= 15 is 0 Å². The Morgan fingerprint density at radius 2 is 2.12 bits per heavy atom. The average molecular weight is 277 g/mol. The van der Waals surface area contributed by atoms with Gasteiger partial charge in [-0.2, -0.15) is 0 Å². The average Bonchev–Trinajstić information content (AvgIpc) is 2.21. The van der Waals surface area contributed by atoms with Crippen molar-refractivity contribution in [1.29, 1.82) is 0 Å². The number of hydrogen-bond donors (Lipinski definition) is 2. The molecule has 5 nitrogen and oxygen atoms in total. The van der Waals surface area contributed by atoms with Gasteiger partial charge in [0.25, 0.3) is 5.91 Å². The molecule has 0 saturated carbocycles. The highest BCUT2D eigenvalue weighted by molar-refractivity contribution is 7.90. The van der Waals surface area contributed by atoms with Gasteiger partial charge in [0.1, 0.15) is 0 Å². The van der Waals surface area contributed by atoms with E-state index < -0.39 is 15.9 Å². The Morgan fingerprint density at radius 1 is 1.47 bits per heavy atom.